The van der Waals surface area contributed by atoms with Gasteiger partial charge in [0.2, 0.25) is 0 Å². The van der Waals surface area contributed by atoms with E-state index >= 15 is 0 Å². The Hall–Kier alpha value is -1.63. The van der Waals surface area contributed by atoms with Crippen molar-refractivity contribution in [3.05, 3.63) is 0 Å². The normalized spacial score (nSPS) is 30.6. The van der Waals surface area contributed by atoms with Gasteiger partial charge >= 0.3 is 6.03 Å². The molecule has 3 heterocycles. The minimum Gasteiger partial charge on any atom is -0.346 e. The molecule has 0 bridgehead atoms. The van der Waals surface area contributed by atoms with E-state index in [1.165, 1.54) is 24.2 Å². The number of amides is 3. The Morgan fingerprint density at radius 3 is 2.75 bits per heavy atom. The number of nitrogens with one attached hydrogen (secondary N) is 1. The van der Waals surface area contributed by atoms with Gasteiger partial charge in [-0.05, 0) is 25.9 Å². The number of likely N-dealkylation sites (tertiary alicyclic amines) is 1. The number of urea groups is 1. The Morgan fingerprint density at radius 2 is 2.00 bits per heavy atom. The molecule has 7 nitrogen and oxygen atoms in total. The van der Waals surface area contributed by atoms with Gasteiger partial charge in [0.1, 0.15) is 0 Å². The first-order chi connectivity index (χ1) is 9.66. The summed E-state index contributed by atoms with van der Waals surface area (Å²) in [4.78, 5) is 33.7. The summed E-state index contributed by atoms with van der Waals surface area (Å²) < 4.78 is 0. The van der Waals surface area contributed by atoms with Crippen LogP contribution in [0.4, 0.5) is 4.79 Å². The van der Waals surface area contributed by atoms with Crippen molar-refractivity contribution in [2.45, 2.75) is 31.5 Å². The summed E-state index contributed by atoms with van der Waals surface area (Å²) >= 11 is 0. The zero-order valence-corrected chi connectivity index (χ0v) is 11.8. The summed E-state index contributed by atoms with van der Waals surface area (Å²) in [5.74, 6) is -0.241. The monoisotopic (exact) mass is 279 g/mol. The van der Waals surface area contributed by atoms with Crippen molar-refractivity contribution < 1.29 is 9.59 Å². The number of hydrogen-bond donors (Lipinski definition) is 1. The summed E-state index contributed by atoms with van der Waals surface area (Å²) in [6.45, 7) is 4.01. The fourth-order valence-corrected chi connectivity index (χ4v) is 3.10. The molecule has 3 aliphatic heterocycles. The van der Waals surface area contributed by atoms with E-state index in [1.807, 2.05) is 4.90 Å². The number of hydrogen-bond acceptors (Lipinski definition) is 5. The number of imide groups is 1. The van der Waals surface area contributed by atoms with Gasteiger partial charge in [-0.25, -0.2) is 9.79 Å². The summed E-state index contributed by atoms with van der Waals surface area (Å²) in [6.07, 6.45) is 5.18. The molecule has 0 aromatic heterocycles. The standard InChI is InChI=1S/C13H21N5O2/c1-16-11-10(12(19)15-13(16)20)18(9-14-11)8-7-17-5-3-2-4-6-17/h9-11H,2-8H2,1H3,(H,15,19,20). The van der Waals surface area contributed by atoms with Crippen LogP contribution in [0.2, 0.25) is 0 Å². The quantitative estimate of drug-likeness (QED) is 0.769. The molecule has 3 aliphatic rings. The van der Waals surface area contributed by atoms with Crippen LogP contribution in [-0.2, 0) is 4.79 Å². The van der Waals surface area contributed by atoms with Gasteiger partial charge in [0.15, 0.2) is 12.2 Å². The largest absolute Gasteiger partial charge is 0.346 e. The third kappa shape index (κ3) is 2.37. The second-order valence-electron chi connectivity index (χ2n) is 5.67. The molecule has 2 atom stereocenters. The number of carbonyl (C=O) groups is 2. The number of fused-ring (bicyclic) bond motifs is 1. The van der Waals surface area contributed by atoms with Gasteiger partial charge < -0.3 is 14.7 Å². The van der Waals surface area contributed by atoms with E-state index in [2.05, 4.69) is 15.2 Å². The van der Waals surface area contributed by atoms with Crippen molar-refractivity contribution in [1.82, 2.24) is 20.0 Å². The molecule has 3 amide bonds. The van der Waals surface area contributed by atoms with E-state index < -0.39 is 0 Å². The predicted octanol–water partition coefficient (Wildman–Crippen LogP) is -0.307. The first-order valence-electron chi connectivity index (χ1n) is 7.26. The summed E-state index contributed by atoms with van der Waals surface area (Å²) in [6, 6.07) is -0.742. The molecule has 2 fully saturated rings. The average Bonchev–Trinajstić information content (AvgIpc) is 2.88. The molecule has 0 saturated carbocycles. The highest BCUT2D eigenvalue weighted by Crippen LogP contribution is 2.20. The third-order valence-corrected chi connectivity index (χ3v) is 4.35. The van der Waals surface area contributed by atoms with Gasteiger partial charge in [0.25, 0.3) is 5.91 Å². The minimum atomic E-state index is -0.377. The fraction of sp³-hybridized carbons (Fsp3) is 0.769. The van der Waals surface area contributed by atoms with Crippen molar-refractivity contribution in [1.29, 1.82) is 0 Å². The van der Waals surface area contributed by atoms with Crippen LogP contribution >= 0.6 is 0 Å². The highest BCUT2D eigenvalue weighted by molar-refractivity contribution is 6.01. The van der Waals surface area contributed by atoms with Crippen LogP contribution < -0.4 is 5.32 Å². The van der Waals surface area contributed by atoms with E-state index in [0.29, 0.717) is 0 Å². The molecular weight excluding hydrogens is 258 g/mol. The lowest BCUT2D eigenvalue weighted by Gasteiger charge is -2.36. The number of carbonyl (C=O) groups excluding carboxylic acids is 2. The van der Waals surface area contributed by atoms with E-state index in [0.717, 1.165) is 26.2 Å². The van der Waals surface area contributed by atoms with Crippen LogP contribution in [-0.4, -0.2) is 78.4 Å². The van der Waals surface area contributed by atoms with Gasteiger partial charge in [-0.1, -0.05) is 6.42 Å². The number of rotatable bonds is 3. The first-order valence-corrected chi connectivity index (χ1v) is 7.26. The number of nitrogens with zero attached hydrogens (tertiary/aromatic N) is 4. The lowest BCUT2D eigenvalue weighted by atomic mass is 10.1. The molecule has 3 rings (SSSR count). The van der Waals surface area contributed by atoms with Crippen molar-refractivity contribution in [2.24, 2.45) is 4.99 Å². The summed E-state index contributed by atoms with van der Waals surface area (Å²) in [7, 11) is 1.67. The highest BCUT2D eigenvalue weighted by atomic mass is 16.2. The molecule has 0 aromatic carbocycles. The molecule has 110 valence electrons. The Kier molecular flexibility index (Phi) is 3.60. The maximum atomic E-state index is 12.0. The zero-order chi connectivity index (χ0) is 14.1. The summed E-state index contributed by atoms with van der Waals surface area (Å²) in [5, 5.41) is 2.38. The number of piperidine rings is 1. The predicted molar refractivity (Wildman–Crippen MR) is 74.4 cm³/mol. The SMILES string of the molecule is CN1C(=O)NC(=O)C2C1N=CN2CCN1CCCCC1. The third-order valence-electron chi connectivity index (χ3n) is 4.35. The highest BCUT2D eigenvalue weighted by Gasteiger charge is 2.45. The van der Waals surface area contributed by atoms with Gasteiger partial charge in [0.05, 0.1) is 6.34 Å². The van der Waals surface area contributed by atoms with E-state index in [1.54, 1.807) is 13.4 Å². The molecule has 7 heteroatoms. The Morgan fingerprint density at radius 1 is 1.25 bits per heavy atom. The Labute approximate surface area is 118 Å². The van der Waals surface area contributed by atoms with E-state index in [4.69, 9.17) is 0 Å². The molecule has 0 radical (unpaired) electrons. The average molecular weight is 279 g/mol. The zero-order valence-electron chi connectivity index (χ0n) is 11.8. The second-order valence-corrected chi connectivity index (χ2v) is 5.67. The molecule has 0 spiro atoms. The van der Waals surface area contributed by atoms with Crippen molar-refractivity contribution in [3.63, 3.8) is 0 Å². The lowest BCUT2D eigenvalue weighted by Crippen LogP contribution is -2.63. The van der Waals surface area contributed by atoms with Gasteiger partial charge in [-0.15, -0.1) is 0 Å². The second kappa shape index (κ2) is 5.40. The van der Waals surface area contributed by atoms with Gasteiger partial charge in [-0.3, -0.25) is 10.1 Å². The van der Waals surface area contributed by atoms with E-state index in [-0.39, 0.29) is 24.1 Å². The maximum Gasteiger partial charge on any atom is 0.325 e. The smallest absolute Gasteiger partial charge is 0.325 e. The van der Waals surface area contributed by atoms with Crippen molar-refractivity contribution >= 4 is 18.3 Å². The number of aliphatic imine (C=N–C) groups is 1. The first kappa shape index (κ1) is 13.4. The van der Waals surface area contributed by atoms with Crippen LogP contribution in [0.5, 0.6) is 0 Å². The lowest BCUT2D eigenvalue weighted by molar-refractivity contribution is -0.127. The Bertz CT molecular complexity index is 432. The van der Waals surface area contributed by atoms with Crippen LogP contribution in [0.25, 0.3) is 0 Å². The molecule has 2 saturated heterocycles. The van der Waals surface area contributed by atoms with Gasteiger partial charge in [-0.2, -0.15) is 0 Å². The minimum absolute atomic E-state index is 0.241. The topological polar surface area (TPSA) is 68.2 Å². The molecular formula is C13H21N5O2. The van der Waals surface area contributed by atoms with E-state index in [9.17, 15) is 9.59 Å². The number of likely N-dealkylation sites (N-methyl/N-ethyl adjacent to an activating group) is 1. The van der Waals surface area contributed by atoms with Gasteiger partial charge in [0, 0.05) is 20.1 Å². The molecule has 0 aliphatic carbocycles. The summed E-state index contributed by atoms with van der Waals surface area (Å²) in [5.41, 5.74) is 0. The molecule has 2 unspecified atom stereocenters. The van der Waals surface area contributed by atoms with Crippen LogP contribution in [0, 0.1) is 0 Å². The molecule has 0 aromatic rings. The van der Waals surface area contributed by atoms with Crippen LogP contribution in [0.15, 0.2) is 4.99 Å². The molecule has 1 N–H and O–H groups in total. The maximum absolute atomic E-state index is 12.0. The van der Waals surface area contributed by atoms with Crippen molar-refractivity contribution in [3.8, 4) is 0 Å². The van der Waals surface area contributed by atoms with Crippen LogP contribution in [0.3, 0.4) is 0 Å². The van der Waals surface area contributed by atoms with Crippen LogP contribution in [0.1, 0.15) is 19.3 Å². The fourth-order valence-electron chi connectivity index (χ4n) is 3.10. The Balaban J connectivity index is 1.59. The van der Waals surface area contributed by atoms with Crippen molar-refractivity contribution in [2.75, 3.05) is 33.2 Å². The molecule has 20 heavy (non-hydrogen) atoms.